The van der Waals surface area contributed by atoms with Gasteiger partial charge in [-0.05, 0) is 12.5 Å². The summed E-state index contributed by atoms with van der Waals surface area (Å²) in [6, 6.07) is 9.65. The Labute approximate surface area is 90.6 Å². The van der Waals surface area contributed by atoms with Crippen LogP contribution in [0.1, 0.15) is 18.6 Å². The van der Waals surface area contributed by atoms with Gasteiger partial charge in [0.2, 0.25) is 0 Å². The molecule has 1 aromatic rings. The van der Waals surface area contributed by atoms with Crippen LogP contribution in [-0.4, -0.2) is 31.5 Å². The largest absolute Gasteiger partial charge is 0.388 e. The van der Waals surface area contributed by atoms with E-state index >= 15 is 0 Å². The standard InChI is InChI=1S/C12H18O3/c1-3-15-9-11(13)12(14-2)10-7-5-4-6-8-10/h4-8,11-13H,3,9H2,1-2H3. The summed E-state index contributed by atoms with van der Waals surface area (Å²) in [5, 5.41) is 9.84. The van der Waals surface area contributed by atoms with Crippen molar-refractivity contribution in [3.8, 4) is 0 Å². The van der Waals surface area contributed by atoms with Gasteiger partial charge in [0.25, 0.3) is 0 Å². The number of hydrogen-bond donors (Lipinski definition) is 1. The Bertz CT molecular complexity index is 261. The number of aliphatic hydroxyl groups is 1. The molecule has 0 saturated carbocycles. The first-order chi connectivity index (χ1) is 7.29. The molecular weight excluding hydrogens is 192 g/mol. The minimum Gasteiger partial charge on any atom is -0.388 e. The monoisotopic (exact) mass is 210 g/mol. The average molecular weight is 210 g/mol. The number of methoxy groups -OCH3 is 1. The van der Waals surface area contributed by atoms with E-state index in [1.165, 1.54) is 0 Å². The first-order valence-corrected chi connectivity index (χ1v) is 5.13. The van der Waals surface area contributed by atoms with E-state index in [0.29, 0.717) is 13.2 Å². The van der Waals surface area contributed by atoms with Crippen LogP contribution in [0.4, 0.5) is 0 Å². The van der Waals surface area contributed by atoms with Gasteiger partial charge >= 0.3 is 0 Å². The predicted molar refractivity (Wildman–Crippen MR) is 58.7 cm³/mol. The molecule has 0 amide bonds. The fourth-order valence-electron chi connectivity index (χ4n) is 1.48. The first kappa shape index (κ1) is 12.2. The molecule has 0 fully saturated rings. The van der Waals surface area contributed by atoms with Crippen LogP contribution in [0.25, 0.3) is 0 Å². The van der Waals surface area contributed by atoms with Crippen molar-refractivity contribution in [1.82, 2.24) is 0 Å². The fourth-order valence-corrected chi connectivity index (χ4v) is 1.48. The molecule has 0 spiro atoms. The highest BCUT2D eigenvalue weighted by molar-refractivity contribution is 5.18. The lowest BCUT2D eigenvalue weighted by Crippen LogP contribution is -2.25. The van der Waals surface area contributed by atoms with Crippen molar-refractivity contribution in [3.63, 3.8) is 0 Å². The lowest BCUT2D eigenvalue weighted by molar-refractivity contribution is -0.0556. The maximum atomic E-state index is 9.84. The van der Waals surface area contributed by atoms with Crippen LogP contribution in [0.3, 0.4) is 0 Å². The topological polar surface area (TPSA) is 38.7 Å². The smallest absolute Gasteiger partial charge is 0.110 e. The van der Waals surface area contributed by atoms with E-state index in [-0.39, 0.29) is 6.10 Å². The van der Waals surface area contributed by atoms with Gasteiger partial charge in [0.15, 0.2) is 0 Å². The Morgan fingerprint density at radius 3 is 2.47 bits per heavy atom. The minimum atomic E-state index is -0.627. The molecule has 0 radical (unpaired) electrons. The van der Waals surface area contributed by atoms with Crippen molar-refractivity contribution in [1.29, 1.82) is 0 Å². The van der Waals surface area contributed by atoms with Crippen LogP contribution in [0.2, 0.25) is 0 Å². The molecule has 3 heteroatoms. The summed E-state index contributed by atoms with van der Waals surface area (Å²) in [6.07, 6.45) is -0.949. The third kappa shape index (κ3) is 3.63. The maximum absolute atomic E-state index is 9.84. The SMILES string of the molecule is CCOCC(O)C(OC)c1ccccc1. The second-order valence-corrected chi connectivity index (χ2v) is 3.29. The lowest BCUT2D eigenvalue weighted by atomic mass is 10.1. The molecule has 84 valence electrons. The minimum absolute atomic E-state index is 0.296. The van der Waals surface area contributed by atoms with Gasteiger partial charge in [-0.2, -0.15) is 0 Å². The van der Waals surface area contributed by atoms with Crippen LogP contribution in [-0.2, 0) is 9.47 Å². The summed E-state index contributed by atoms with van der Waals surface area (Å²) in [7, 11) is 1.59. The molecule has 1 N–H and O–H groups in total. The van der Waals surface area contributed by atoms with E-state index in [1.807, 2.05) is 37.3 Å². The summed E-state index contributed by atoms with van der Waals surface area (Å²) in [5.41, 5.74) is 0.965. The van der Waals surface area contributed by atoms with Gasteiger partial charge in [-0.1, -0.05) is 30.3 Å². The quantitative estimate of drug-likeness (QED) is 0.777. The predicted octanol–water partition coefficient (Wildman–Crippen LogP) is 1.77. The van der Waals surface area contributed by atoms with Gasteiger partial charge in [0.05, 0.1) is 6.61 Å². The van der Waals surface area contributed by atoms with E-state index < -0.39 is 6.10 Å². The second-order valence-electron chi connectivity index (χ2n) is 3.29. The van der Waals surface area contributed by atoms with Crippen molar-refractivity contribution in [2.24, 2.45) is 0 Å². The van der Waals surface area contributed by atoms with Gasteiger partial charge in [0, 0.05) is 13.7 Å². The van der Waals surface area contributed by atoms with Gasteiger partial charge < -0.3 is 14.6 Å². The molecule has 2 unspecified atom stereocenters. The summed E-state index contributed by atoms with van der Waals surface area (Å²) in [6.45, 7) is 2.79. The van der Waals surface area contributed by atoms with Crippen LogP contribution in [0, 0.1) is 0 Å². The molecule has 15 heavy (non-hydrogen) atoms. The zero-order chi connectivity index (χ0) is 11.1. The van der Waals surface area contributed by atoms with E-state index in [9.17, 15) is 5.11 Å². The van der Waals surface area contributed by atoms with Crippen molar-refractivity contribution in [3.05, 3.63) is 35.9 Å². The lowest BCUT2D eigenvalue weighted by Gasteiger charge is -2.21. The molecule has 0 aliphatic rings. The maximum Gasteiger partial charge on any atom is 0.110 e. The normalized spacial score (nSPS) is 14.9. The van der Waals surface area contributed by atoms with Crippen LogP contribution in [0.15, 0.2) is 30.3 Å². The van der Waals surface area contributed by atoms with Gasteiger partial charge in [-0.15, -0.1) is 0 Å². The molecule has 1 aromatic carbocycles. The number of rotatable bonds is 6. The summed E-state index contributed by atoms with van der Waals surface area (Å²) in [5.74, 6) is 0. The van der Waals surface area contributed by atoms with Gasteiger partial charge in [0.1, 0.15) is 12.2 Å². The summed E-state index contributed by atoms with van der Waals surface area (Å²) >= 11 is 0. The fraction of sp³-hybridized carbons (Fsp3) is 0.500. The Balaban J connectivity index is 2.63. The second kappa shape index (κ2) is 6.56. The third-order valence-corrected chi connectivity index (χ3v) is 2.22. The van der Waals surface area contributed by atoms with Gasteiger partial charge in [-0.3, -0.25) is 0 Å². The molecule has 0 bridgehead atoms. The number of aliphatic hydroxyl groups excluding tert-OH is 1. The van der Waals surface area contributed by atoms with Gasteiger partial charge in [-0.25, -0.2) is 0 Å². The van der Waals surface area contributed by atoms with E-state index in [1.54, 1.807) is 7.11 Å². The zero-order valence-corrected chi connectivity index (χ0v) is 9.22. The highest BCUT2D eigenvalue weighted by Gasteiger charge is 2.20. The average Bonchev–Trinajstić information content (AvgIpc) is 2.29. The Morgan fingerprint density at radius 2 is 1.93 bits per heavy atom. The molecule has 0 saturated heterocycles. The number of ether oxygens (including phenoxy) is 2. The first-order valence-electron chi connectivity index (χ1n) is 5.13. The molecule has 0 aliphatic heterocycles. The zero-order valence-electron chi connectivity index (χ0n) is 9.22. The molecular formula is C12H18O3. The summed E-state index contributed by atoms with van der Waals surface area (Å²) < 4.78 is 10.4. The van der Waals surface area contributed by atoms with Crippen molar-refractivity contribution >= 4 is 0 Å². The van der Waals surface area contributed by atoms with Crippen LogP contribution < -0.4 is 0 Å². The Morgan fingerprint density at radius 1 is 1.27 bits per heavy atom. The molecule has 0 aliphatic carbocycles. The highest BCUT2D eigenvalue weighted by Crippen LogP contribution is 2.20. The molecule has 0 aromatic heterocycles. The number of benzene rings is 1. The number of hydrogen-bond acceptors (Lipinski definition) is 3. The molecule has 1 rings (SSSR count). The van der Waals surface area contributed by atoms with Crippen LogP contribution >= 0.6 is 0 Å². The molecule has 2 atom stereocenters. The van der Waals surface area contributed by atoms with Crippen molar-refractivity contribution in [2.75, 3.05) is 20.3 Å². The Kier molecular flexibility index (Phi) is 5.32. The van der Waals surface area contributed by atoms with Crippen molar-refractivity contribution < 1.29 is 14.6 Å². The third-order valence-electron chi connectivity index (χ3n) is 2.22. The van der Waals surface area contributed by atoms with Crippen molar-refractivity contribution in [2.45, 2.75) is 19.1 Å². The summed E-state index contributed by atoms with van der Waals surface area (Å²) in [4.78, 5) is 0. The highest BCUT2D eigenvalue weighted by atomic mass is 16.5. The molecule has 0 heterocycles. The van der Waals surface area contributed by atoms with E-state index in [0.717, 1.165) is 5.56 Å². The Hall–Kier alpha value is -0.900. The van der Waals surface area contributed by atoms with Crippen LogP contribution in [0.5, 0.6) is 0 Å². The molecule has 3 nitrogen and oxygen atoms in total. The van der Waals surface area contributed by atoms with E-state index in [2.05, 4.69) is 0 Å². The van der Waals surface area contributed by atoms with E-state index in [4.69, 9.17) is 9.47 Å².